The molecule has 2 unspecified atom stereocenters. The lowest BCUT2D eigenvalue weighted by molar-refractivity contribution is 0.0595. The monoisotopic (exact) mass is 283 g/mol. The van der Waals surface area contributed by atoms with Crippen LogP contribution < -0.4 is 5.73 Å². The first-order chi connectivity index (χ1) is 9.12. The SMILES string of the molecule is CCc1nc(C(=O)OC)c(N)n1C1CCC(SC)C1. The Bertz CT molecular complexity index is 473. The van der Waals surface area contributed by atoms with E-state index in [-0.39, 0.29) is 5.69 Å². The molecule has 0 spiro atoms. The van der Waals surface area contributed by atoms with Crippen molar-refractivity contribution in [3.63, 3.8) is 0 Å². The molecule has 0 bridgehead atoms. The molecule has 0 amide bonds. The van der Waals surface area contributed by atoms with Gasteiger partial charge in [-0.1, -0.05) is 6.92 Å². The number of nitrogens with zero attached hydrogens (tertiary/aromatic N) is 2. The number of hydrogen-bond acceptors (Lipinski definition) is 5. The number of carbonyl (C=O) groups is 1. The van der Waals surface area contributed by atoms with E-state index >= 15 is 0 Å². The molecule has 0 aromatic carbocycles. The minimum absolute atomic E-state index is 0.256. The summed E-state index contributed by atoms with van der Waals surface area (Å²) in [4.78, 5) is 16.0. The van der Waals surface area contributed by atoms with Crippen molar-refractivity contribution in [1.29, 1.82) is 0 Å². The fraction of sp³-hybridized carbons (Fsp3) is 0.692. The molecule has 2 rings (SSSR count). The highest BCUT2D eigenvalue weighted by molar-refractivity contribution is 7.99. The van der Waals surface area contributed by atoms with E-state index in [2.05, 4.69) is 11.2 Å². The fourth-order valence-electron chi connectivity index (χ4n) is 2.76. The zero-order valence-electron chi connectivity index (χ0n) is 11.7. The first-order valence-corrected chi connectivity index (χ1v) is 7.88. The van der Waals surface area contributed by atoms with Crippen LogP contribution in [0, 0.1) is 0 Å². The van der Waals surface area contributed by atoms with Crippen LogP contribution in [0.4, 0.5) is 5.82 Å². The summed E-state index contributed by atoms with van der Waals surface area (Å²) in [6, 6.07) is 0.360. The van der Waals surface area contributed by atoms with Crippen molar-refractivity contribution < 1.29 is 9.53 Å². The number of carbonyl (C=O) groups excluding carboxylic acids is 1. The van der Waals surface area contributed by atoms with Crippen molar-refractivity contribution in [2.45, 2.75) is 43.9 Å². The number of imidazole rings is 1. The summed E-state index contributed by atoms with van der Waals surface area (Å²) in [5.41, 5.74) is 6.37. The summed E-state index contributed by atoms with van der Waals surface area (Å²) >= 11 is 1.90. The Balaban J connectivity index is 2.34. The number of esters is 1. The first kappa shape index (κ1) is 14.2. The lowest BCUT2D eigenvalue weighted by Gasteiger charge is -2.16. The molecule has 0 aliphatic heterocycles. The number of hydrogen-bond donors (Lipinski definition) is 1. The first-order valence-electron chi connectivity index (χ1n) is 6.60. The molecule has 1 fully saturated rings. The number of aromatic nitrogens is 2. The third kappa shape index (κ3) is 2.59. The van der Waals surface area contributed by atoms with E-state index in [1.807, 2.05) is 23.3 Å². The van der Waals surface area contributed by atoms with Crippen LogP contribution in [0.25, 0.3) is 0 Å². The molecule has 1 aromatic heterocycles. The van der Waals surface area contributed by atoms with Crippen LogP contribution in [0.5, 0.6) is 0 Å². The number of aryl methyl sites for hydroxylation is 1. The van der Waals surface area contributed by atoms with Gasteiger partial charge >= 0.3 is 5.97 Å². The van der Waals surface area contributed by atoms with Gasteiger partial charge in [0.1, 0.15) is 11.6 Å². The smallest absolute Gasteiger partial charge is 0.360 e. The van der Waals surface area contributed by atoms with Crippen molar-refractivity contribution in [2.75, 3.05) is 19.1 Å². The summed E-state index contributed by atoms with van der Waals surface area (Å²) in [5, 5.41) is 0.679. The predicted octanol–water partition coefficient (Wildman–Crippen LogP) is 2.27. The molecule has 106 valence electrons. The molecule has 0 saturated heterocycles. The highest BCUT2D eigenvalue weighted by Crippen LogP contribution is 2.38. The Kier molecular flexibility index (Phi) is 4.39. The predicted molar refractivity (Wildman–Crippen MR) is 77.5 cm³/mol. The number of ether oxygens (including phenoxy) is 1. The average Bonchev–Trinajstić information content (AvgIpc) is 3.01. The summed E-state index contributed by atoms with van der Waals surface area (Å²) in [7, 11) is 1.35. The molecule has 19 heavy (non-hydrogen) atoms. The van der Waals surface area contributed by atoms with Gasteiger partial charge in [-0.15, -0.1) is 0 Å². The van der Waals surface area contributed by atoms with Crippen molar-refractivity contribution in [2.24, 2.45) is 0 Å². The minimum atomic E-state index is -0.453. The third-order valence-corrected chi connectivity index (χ3v) is 4.87. The molecule has 0 radical (unpaired) electrons. The Labute approximate surface area is 117 Å². The summed E-state index contributed by atoms with van der Waals surface area (Å²) in [6.07, 6.45) is 6.29. The third-order valence-electron chi connectivity index (χ3n) is 3.77. The van der Waals surface area contributed by atoms with Gasteiger partial charge in [0.05, 0.1) is 7.11 Å². The zero-order valence-corrected chi connectivity index (χ0v) is 12.5. The zero-order chi connectivity index (χ0) is 14.0. The quantitative estimate of drug-likeness (QED) is 0.858. The van der Waals surface area contributed by atoms with Crippen molar-refractivity contribution in [3.8, 4) is 0 Å². The van der Waals surface area contributed by atoms with Gasteiger partial charge in [-0.2, -0.15) is 11.8 Å². The van der Waals surface area contributed by atoms with Gasteiger partial charge < -0.3 is 15.0 Å². The summed E-state index contributed by atoms with van der Waals surface area (Å²) < 4.78 is 6.78. The van der Waals surface area contributed by atoms with Gasteiger partial charge in [0.25, 0.3) is 0 Å². The summed E-state index contributed by atoms with van der Waals surface area (Å²) in [6.45, 7) is 2.03. The van der Waals surface area contributed by atoms with Gasteiger partial charge in [-0.05, 0) is 25.5 Å². The molecule has 1 aliphatic carbocycles. The molecule has 1 aromatic rings. The molecule has 1 aliphatic rings. The van der Waals surface area contributed by atoms with Crippen molar-refractivity contribution >= 4 is 23.5 Å². The van der Waals surface area contributed by atoms with E-state index in [0.29, 0.717) is 17.1 Å². The van der Waals surface area contributed by atoms with Crippen LogP contribution in [-0.4, -0.2) is 34.1 Å². The Morgan fingerprint density at radius 2 is 2.32 bits per heavy atom. The van der Waals surface area contributed by atoms with Gasteiger partial charge in [0.2, 0.25) is 0 Å². The molecular weight excluding hydrogens is 262 g/mol. The van der Waals surface area contributed by atoms with E-state index in [1.165, 1.54) is 13.5 Å². The number of thioether (sulfide) groups is 1. The lowest BCUT2D eigenvalue weighted by Crippen LogP contribution is -2.13. The van der Waals surface area contributed by atoms with Crippen LogP contribution in [0.3, 0.4) is 0 Å². The molecule has 2 atom stereocenters. The van der Waals surface area contributed by atoms with E-state index < -0.39 is 5.97 Å². The van der Waals surface area contributed by atoms with Gasteiger partial charge in [-0.3, -0.25) is 0 Å². The molecule has 1 saturated carbocycles. The number of nitrogen functional groups attached to an aromatic ring is 1. The Morgan fingerprint density at radius 1 is 1.58 bits per heavy atom. The normalized spacial score (nSPS) is 22.7. The Hall–Kier alpha value is -1.17. The number of anilines is 1. The standard InChI is InChI=1S/C13H21N3O2S/c1-4-10-15-11(13(17)18-2)12(14)16(10)8-5-6-9(7-8)19-3/h8-9H,4-7,14H2,1-3H3. The number of nitrogens with two attached hydrogens (primary N) is 1. The highest BCUT2D eigenvalue weighted by atomic mass is 32.2. The fourth-order valence-corrected chi connectivity index (χ4v) is 3.55. The van der Waals surface area contributed by atoms with Crippen LogP contribution >= 0.6 is 11.8 Å². The maximum absolute atomic E-state index is 11.7. The topological polar surface area (TPSA) is 70.1 Å². The van der Waals surface area contributed by atoms with E-state index in [0.717, 1.165) is 25.1 Å². The van der Waals surface area contributed by atoms with Crippen LogP contribution in [0.1, 0.15) is 48.5 Å². The molecule has 1 heterocycles. The van der Waals surface area contributed by atoms with E-state index in [9.17, 15) is 4.79 Å². The highest BCUT2D eigenvalue weighted by Gasteiger charge is 2.30. The van der Waals surface area contributed by atoms with E-state index in [1.54, 1.807) is 0 Å². The van der Waals surface area contributed by atoms with Gasteiger partial charge in [-0.25, -0.2) is 9.78 Å². The van der Waals surface area contributed by atoms with Crippen molar-refractivity contribution in [1.82, 2.24) is 9.55 Å². The maximum Gasteiger partial charge on any atom is 0.360 e. The van der Waals surface area contributed by atoms with Crippen LogP contribution in [-0.2, 0) is 11.2 Å². The number of rotatable bonds is 4. The Morgan fingerprint density at radius 3 is 2.84 bits per heavy atom. The largest absolute Gasteiger partial charge is 0.464 e. The second kappa shape index (κ2) is 5.86. The van der Waals surface area contributed by atoms with Gasteiger partial charge in [0.15, 0.2) is 5.69 Å². The van der Waals surface area contributed by atoms with Crippen LogP contribution in [0.2, 0.25) is 0 Å². The van der Waals surface area contributed by atoms with Crippen LogP contribution in [0.15, 0.2) is 0 Å². The molecule has 2 N–H and O–H groups in total. The van der Waals surface area contributed by atoms with Gasteiger partial charge in [0, 0.05) is 17.7 Å². The van der Waals surface area contributed by atoms with Crippen molar-refractivity contribution in [3.05, 3.63) is 11.5 Å². The lowest BCUT2D eigenvalue weighted by atomic mass is 10.2. The molecule has 6 heteroatoms. The summed E-state index contributed by atoms with van der Waals surface area (Å²) in [5.74, 6) is 0.880. The van der Waals surface area contributed by atoms with E-state index in [4.69, 9.17) is 10.5 Å². The molecule has 5 nitrogen and oxygen atoms in total. The second-order valence-electron chi connectivity index (χ2n) is 4.80. The maximum atomic E-state index is 11.7. The minimum Gasteiger partial charge on any atom is -0.464 e. The second-order valence-corrected chi connectivity index (χ2v) is 5.94. The number of methoxy groups -OCH3 is 1. The average molecular weight is 283 g/mol. The molecular formula is C13H21N3O2S.